The summed E-state index contributed by atoms with van der Waals surface area (Å²) in [5.41, 5.74) is 1.12. The number of anilines is 1. The topological polar surface area (TPSA) is 94.5 Å². The Bertz CT molecular complexity index is 1070. The van der Waals surface area contributed by atoms with Crippen LogP contribution in [0.5, 0.6) is 0 Å². The first-order valence-corrected chi connectivity index (χ1v) is 9.88. The van der Waals surface area contributed by atoms with Gasteiger partial charge in [0.1, 0.15) is 11.5 Å². The van der Waals surface area contributed by atoms with Gasteiger partial charge in [0, 0.05) is 48.2 Å². The minimum atomic E-state index is -0.173. The van der Waals surface area contributed by atoms with Gasteiger partial charge in [-0.1, -0.05) is 28.4 Å². The van der Waals surface area contributed by atoms with Crippen LogP contribution in [0.4, 0.5) is 5.82 Å². The lowest BCUT2D eigenvalue weighted by molar-refractivity contribution is -0.117. The molecular formula is C19H19Cl2N5O3. The quantitative estimate of drug-likeness (QED) is 0.655. The van der Waals surface area contributed by atoms with Gasteiger partial charge in [-0.3, -0.25) is 14.5 Å². The smallest absolute Gasteiger partial charge is 0.271 e. The summed E-state index contributed by atoms with van der Waals surface area (Å²) in [6.45, 7) is 4.15. The molecule has 0 aliphatic carbocycles. The molecule has 1 fully saturated rings. The van der Waals surface area contributed by atoms with Gasteiger partial charge in [0.15, 0.2) is 5.82 Å². The first-order valence-electron chi connectivity index (χ1n) is 9.12. The summed E-state index contributed by atoms with van der Waals surface area (Å²) in [5, 5.41) is 8.10. The number of piperazine rings is 1. The molecule has 0 spiro atoms. The number of amides is 2. The van der Waals surface area contributed by atoms with Crippen LogP contribution in [-0.2, 0) is 4.79 Å². The van der Waals surface area contributed by atoms with Crippen molar-refractivity contribution in [3.8, 4) is 0 Å². The van der Waals surface area contributed by atoms with Crippen LogP contribution < -0.4 is 5.32 Å². The zero-order valence-electron chi connectivity index (χ0n) is 15.7. The third-order valence-electron chi connectivity index (χ3n) is 4.83. The highest BCUT2D eigenvalue weighted by atomic mass is 35.5. The lowest BCUT2D eigenvalue weighted by atomic mass is 10.2. The maximum Gasteiger partial charge on any atom is 0.271 e. The number of halogens is 2. The van der Waals surface area contributed by atoms with Crippen molar-refractivity contribution in [2.75, 3.05) is 38.0 Å². The minimum absolute atomic E-state index is 0.163. The normalized spacial score (nSPS) is 15.1. The monoisotopic (exact) mass is 435 g/mol. The first kappa shape index (κ1) is 19.8. The largest absolute Gasteiger partial charge is 0.360 e. The highest BCUT2D eigenvalue weighted by Crippen LogP contribution is 2.30. The molecule has 8 nitrogen and oxygen atoms in total. The second-order valence-corrected chi connectivity index (χ2v) is 7.76. The van der Waals surface area contributed by atoms with Crippen LogP contribution in [-0.4, -0.2) is 64.5 Å². The van der Waals surface area contributed by atoms with E-state index in [-0.39, 0.29) is 18.4 Å². The predicted octanol–water partition coefficient (Wildman–Crippen LogP) is 3.17. The predicted molar refractivity (Wildman–Crippen MR) is 111 cm³/mol. The van der Waals surface area contributed by atoms with E-state index in [0.29, 0.717) is 53.5 Å². The number of aromatic nitrogens is 2. The van der Waals surface area contributed by atoms with E-state index in [4.69, 9.17) is 27.7 Å². The molecule has 0 atom stereocenters. The molecule has 10 heteroatoms. The van der Waals surface area contributed by atoms with Gasteiger partial charge in [-0.05, 0) is 25.1 Å². The molecule has 1 aliphatic heterocycles. The summed E-state index contributed by atoms with van der Waals surface area (Å²) in [6, 6.07) is 6.94. The lowest BCUT2D eigenvalue weighted by Crippen LogP contribution is -2.50. The van der Waals surface area contributed by atoms with Crippen LogP contribution in [0.1, 0.15) is 16.2 Å². The molecule has 4 rings (SSSR count). The lowest BCUT2D eigenvalue weighted by Gasteiger charge is -2.34. The van der Waals surface area contributed by atoms with Crippen LogP contribution in [0.3, 0.4) is 0 Å². The second kappa shape index (κ2) is 8.06. The van der Waals surface area contributed by atoms with Crippen molar-refractivity contribution in [1.29, 1.82) is 0 Å². The molecular weight excluding hydrogens is 417 g/mol. The van der Waals surface area contributed by atoms with Crippen LogP contribution in [0.25, 0.3) is 10.9 Å². The summed E-state index contributed by atoms with van der Waals surface area (Å²) >= 11 is 12.4. The second-order valence-electron chi connectivity index (χ2n) is 6.94. The molecule has 0 bridgehead atoms. The number of hydrogen-bond donors (Lipinski definition) is 2. The fourth-order valence-corrected chi connectivity index (χ4v) is 3.81. The van der Waals surface area contributed by atoms with E-state index in [1.807, 2.05) is 4.90 Å². The van der Waals surface area contributed by atoms with Crippen LogP contribution in [0.2, 0.25) is 10.0 Å². The van der Waals surface area contributed by atoms with Crippen molar-refractivity contribution in [2.24, 2.45) is 0 Å². The molecule has 29 heavy (non-hydrogen) atoms. The molecule has 2 amide bonds. The molecule has 1 saturated heterocycles. The average Bonchev–Trinajstić information content (AvgIpc) is 3.25. The number of benzene rings is 1. The van der Waals surface area contributed by atoms with Gasteiger partial charge in [0.2, 0.25) is 5.91 Å². The van der Waals surface area contributed by atoms with E-state index < -0.39 is 0 Å². The molecule has 1 aliphatic rings. The number of carbonyl (C=O) groups excluding carboxylic acids is 2. The van der Waals surface area contributed by atoms with E-state index in [9.17, 15) is 9.59 Å². The van der Waals surface area contributed by atoms with Crippen LogP contribution in [0, 0.1) is 6.92 Å². The fourth-order valence-electron chi connectivity index (χ4n) is 3.36. The molecule has 3 heterocycles. The number of carbonyl (C=O) groups is 2. The van der Waals surface area contributed by atoms with Gasteiger partial charge >= 0.3 is 0 Å². The maximum atomic E-state index is 12.9. The summed E-state index contributed by atoms with van der Waals surface area (Å²) < 4.78 is 4.93. The Morgan fingerprint density at radius 3 is 2.66 bits per heavy atom. The van der Waals surface area contributed by atoms with Gasteiger partial charge in [-0.2, -0.15) is 0 Å². The van der Waals surface area contributed by atoms with Crippen molar-refractivity contribution in [3.63, 3.8) is 0 Å². The van der Waals surface area contributed by atoms with Crippen LogP contribution >= 0.6 is 23.2 Å². The zero-order chi connectivity index (χ0) is 20.5. The minimum Gasteiger partial charge on any atom is -0.360 e. The van der Waals surface area contributed by atoms with Gasteiger partial charge in [-0.25, -0.2) is 0 Å². The van der Waals surface area contributed by atoms with Gasteiger partial charge in [0.25, 0.3) is 5.91 Å². The fraction of sp³-hybridized carbons (Fsp3) is 0.316. The molecule has 3 aromatic rings. The summed E-state index contributed by atoms with van der Waals surface area (Å²) in [4.78, 5) is 31.9. The third kappa shape index (κ3) is 4.24. The van der Waals surface area contributed by atoms with Crippen molar-refractivity contribution < 1.29 is 14.1 Å². The van der Waals surface area contributed by atoms with E-state index >= 15 is 0 Å². The number of H-pyrrole nitrogens is 1. The van der Waals surface area contributed by atoms with Gasteiger partial charge in [-0.15, -0.1) is 0 Å². The summed E-state index contributed by atoms with van der Waals surface area (Å²) in [6.07, 6.45) is 0. The van der Waals surface area contributed by atoms with Gasteiger partial charge in [0.05, 0.1) is 11.6 Å². The number of rotatable bonds is 4. The van der Waals surface area contributed by atoms with E-state index in [1.54, 1.807) is 36.1 Å². The van der Waals surface area contributed by atoms with E-state index in [2.05, 4.69) is 15.5 Å². The standard InChI is InChI=1S/C19H19Cl2N5O3/c1-11-8-15(24-29-11)23-16(27)10-25-4-6-26(7-5-25)19(28)18-17(21)13-9-12(20)2-3-14(13)22-18/h2-3,8-9,22H,4-7,10H2,1H3,(H,23,24,27). The van der Waals surface area contributed by atoms with E-state index in [0.717, 1.165) is 10.9 Å². The molecule has 0 saturated carbocycles. The Hall–Kier alpha value is -2.55. The Kier molecular flexibility index (Phi) is 5.49. The number of aromatic amines is 1. The number of aryl methyl sites for hydroxylation is 1. The Morgan fingerprint density at radius 2 is 1.97 bits per heavy atom. The Morgan fingerprint density at radius 1 is 1.21 bits per heavy atom. The highest BCUT2D eigenvalue weighted by molar-refractivity contribution is 6.39. The number of nitrogens with one attached hydrogen (secondary N) is 2. The van der Waals surface area contributed by atoms with Gasteiger partial charge < -0.3 is 19.7 Å². The summed E-state index contributed by atoms with van der Waals surface area (Å²) in [5.74, 6) is 0.693. The average molecular weight is 436 g/mol. The highest BCUT2D eigenvalue weighted by Gasteiger charge is 2.26. The summed E-state index contributed by atoms with van der Waals surface area (Å²) in [7, 11) is 0. The van der Waals surface area contributed by atoms with Crippen molar-refractivity contribution in [2.45, 2.75) is 6.92 Å². The molecule has 0 radical (unpaired) electrons. The number of fused-ring (bicyclic) bond motifs is 1. The number of nitrogens with zero attached hydrogens (tertiary/aromatic N) is 3. The number of hydrogen-bond acceptors (Lipinski definition) is 5. The van der Waals surface area contributed by atoms with Crippen molar-refractivity contribution >= 4 is 51.7 Å². The van der Waals surface area contributed by atoms with Crippen LogP contribution in [0.15, 0.2) is 28.8 Å². The molecule has 2 aromatic heterocycles. The molecule has 152 valence electrons. The molecule has 1 aromatic carbocycles. The molecule has 2 N–H and O–H groups in total. The van der Waals surface area contributed by atoms with Crippen molar-refractivity contribution in [1.82, 2.24) is 19.9 Å². The zero-order valence-corrected chi connectivity index (χ0v) is 17.2. The van der Waals surface area contributed by atoms with E-state index in [1.165, 1.54) is 0 Å². The molecule has 0 unspecified atom stereocenters. The maximum absolute atomic E-state index is 12.9. The van der Waals surface area contributed by atoms with Crippen molar-refractivity contribution in [3.05, 3.63) is 45.8 Å². The SMILES string of the molecule is Cc1cc(NC(=O)CN2CCN(C(=O)c3[nH]c4ccc(Cl)cc4c3Cl)CC2)no1. The first-order chi connectivity index (χ1) is 13.9. The Balaban J connectivity index is 1.35. The Labute approximate surface area is 176 Å². The third-order valence-corrected chi connectivity index (χ3v) is 5.46.